The molecule has 1 aliphatic rings. The Kier molecular flexibility index (Phi) is 15.0. The lowest BCUT2D eigenvalue weighted by molar-refractivity contribution is -0.144. The molecule has 0 unspecified atom stereocenters. The quantitative estimate of drug-likeness (QED) is 0.0676. The average molecular weight is 679 g/mol. The van der Waals surface area contributed by atoms with Gasteiger partial charge in [0.05, 0.1) is 24.3 Å². The molecule has 1 aliphatic carbocycles. The van der Waals surface area contributed by atoms with Crippen LogP contribution in [0.4, 0.5) is 5.69 Å². The van der Waals surface area contributed by atoms with Crippen molar-refractivity contribution in [3.8, 4) is 0 Å². The SMILES string of the molecule is CO[Si](CCCN(CCCS(=O)(=O)O)CCC(=O)OCCCCCCNc1cccc2c1C(=O)c1ccccc1C2=O)(OC)OC. The van der Waals surface area contributed by atoms with Crippen molar-refractivity contribution in [3.63, 3.8) is 0 Å². The van der Waals surface area contributed by atoms with E-state index in [1.807, 2.05) is 11.0 Å². The van der Waals surface area contributed by atoms with Crippen LogP contribution in [0.25, 0.3) is 0 Å². The highest BCUT2D eigenvalue weighted by atomic mass is 32.2. The van der Waals surface area contributed by atoms with Gasteiger partial charge in [-0.15, -0.1) is 0 Å². The summed E-state index contributed by atoms with van der Waals surface area (Å²) in [5, 5.41) is 3.32. The van der Waals surface area contributed by atoms with Crippen molar-refractivity contribution in [2.24, 2.45) is 0 Å². The molecule has 46 heavy (non-hydrogen) atoms. The molecule has 0 fully saturated rings. The fourth-order valence-corrected chi connectivity index (χ4v) is 7.68. The third-order valence-corrected chi connectivity index (χ3v) is 11.6. The van der Waals surface area contributed by atoms with Gasteiger partial charge in [-0.25, -0.2) is 0 Å². The second-order valence-corrected chi connectivity index (χ2v) is 15.8. The number of unbranched alkanes of at least 4 members (excludes halogenated alkanes) is 3. The van der Waals surface area contributed by atoms with Gasteiger partial charge in [0.1, 0.15) is 0 Å². The second kappa shape index (κ2) is 18.4. The lowest BCUT2D eigenvalue weighted by Gasteiger charge is -2.26. The smallest absolute Gasteiger partial charge is 0.466 e. The van der Waals surface area contributed by atoms with E-state index >= 15 is 0 Å². The van der Waals surface area contributed by atoms with Gasteiger partial charge in [0.2, 0.25) is 0 Å². The first-order valence-electron chi connectivity index (χ1n) is 15.6. The molecule has 0 saturated carbocycles. The van der Waals surface area contributed by atoms with E-state index in [4.69, 9.17) is 22.6 Å². The molecule has 12 nitrogen and oxygen atoms in total. The van der Waals surface area contributed by atoms with E-state index < -0.39 is 18.9 Å². The summed E-state index contributed by atoms with van der Waals surface area (Å²) in [6.07, 6.45) is 4.36. The maximum atomic E-state index is 13.1. The zero-order valence-corrected chi connectivity index (χ0v) is 28.7. The van der Waals surface area contributed by atoms with Crippen molar-refractivity contribution < 1.29 is 45.4 Å². The molecule has 0 spiro atoms. The molecule has 0 atom stereocenters. The predicted molar refractivity (Wildman–Crippen MR) is 176 cm³/mol. The highest BCUT2D eigenvalue weighted by Gasteiger charge is 2.37. The Balaban J connectivity index is 1.35. The van der Waals surface area contributed by atoms with Crippen molar-refractivity contribution in [1.29, 1.82) is 0 Å². The first-order chi connectivity index (χ1) is 22.0. The lowest BCUT2D eigenvalue weighted by atomic mass is 9.83. The molecule has 3 rings (SSSR count). The van der Waals surface area contributed by atoms with Gasteiger partial charge < -0.3 is 28.2 Å². The maximum Gasteiger partial charge on any atom is 0.500 e. The second-order valence-electron chi connectivity index (χ2n) is 11.1. The molecule has 0 aliphatic heterocycles. The Labute approximate surface area is 272 Å². The van der Waals surface area contributed by atoms with Crippen LogP contribution in [0, 0.1) is 0 Å². The van der Waals surface area contributed by atoms with Crippen molar-refractivity contribution in [2.75, 3.05) is 65.2 Å². The van der Waals surface area contributed by atoms with Gasteiger partial charge in [0.15, 0.2) is 11.6 Å². The molecule has 2 N–H and O–H groups in total. The van der Waals surface area contributed by atoms with E-state index in [9.17, 15) is 22.8 Å². The zero-order valence-electron chi connectivity index (χ0n) is 26.9. The topological polar surface area (TPSA) is 158 Å². The first kappa shape index (κ1) is 37.5. The van der Waals surface area contributed by atoms with Crippen LogP contribution in [-0.4, -0.2) is 104 Å². The molecule has 14 heteroatoms. The summed E-state index contributed by atoms with van der Waals surface area (Å²) in [6.45, 7) is 2.30. The summed E-state index contributed by atoms with van der Waals surface area (Å²) < 4.78 is 53.1. The van der Waals surface area contributed by atoms with Crippen LogP contribution in [0.2, 0.25) is 6.04 Å². The monoisotopic (exact) mass is 678 g/mol. The first-order valence-corrected chi connectivity index (χ1v) is 19.1. The molecular formula is C32H46N2O10SSi. The van der Waals surface area contributed by atoms with Gasteiger partial charge in [0.25, 0.3) is 10.1 Å². The highest BCUT2D eigenvalue weighted by molar-refractivity contribution is 7.85. The third kappa shape index (κ3) is 11.1. The average Bonchev–Trinajstić information content (AvgIpc) is 3.05. The van der Waals surface area contributed by atoms with E-state index in [1.54, 1.807) is 57.7 Å². The molecule has 0 aromatic heterocycles. The molecule has 0 saturated heterocycles. The van der Waals surface area contributed by atoms with E-state index in [0.29, 0.717) is 79.6 Å². The normalized spacial score (nSPS) is 13.1. The molecule has 2 aromatic rings. The van der Waals surface area contributed by atoms with Crippen LogP contribution in [0.15, 0.2) is 42.5 Å². The number of carbonyl (C=O) groups excluding carboxylic acids is 3. The summed E-state index contributed by atoms with van der Waals surface area (Å²) in [5.41, 5.74) is 2.36. The van der Waals surface area contributed by atoms with Gasteiger partial charge in [0, 0.05) is 62.8 Å². The van der Waals surface area contributed by atoms with Crippen LogP contribution < -0.4 is 5.32 Å². The summed E-state index contributed by atoms with van der Waals surface area (Å²) >= 11 is 0. The summed E-state index contributed by atoms with van der Waals surface area (Å²) in [5.74, 6) is -0.971. The summed E-state index contributed by atoms with van der Waals surface area (Å²) in [7, 11) is -2.19. The largest absolute Gasteiger partial charge is 0.500 e. The van der Waals surface area contributed by atoms with Gasteiger partial charge in [-0.2, -0.15) is 8.42 Å². The Morgan fingerprint density at radius 3 is 2.11 bits per heavy atom. The number of ether oxygens (including phenoxy) is 1. The van der Waals surface area contributed by atoms with E-state index in [0.717, 1.165) is 19.3 Å². The molecule has 0 bridgehead atoms. The molecular weight excluding hydrogens is 633 g/mol. The van der Waals surface area contributed by atoms with Gasteiger partial charge >= 0.3 is 14.8 Å². The van der Waals surface area contributed by atoms with Gasteiger partial charge in [-0.3, -0.25) is 18.9 Å². The highest BCUT2D eigenvalue weighted by Crippen LogP contribution is 2.32. The molecule has 2 aromatic carbocycles. The van der Waals surface area contributed by atoms with E-state index in [-0.39, 0.29) is 36.1 Å². The van der Waals surface area contributed by atoms with Crippen LogP contribution in [0.5, 0.6) is 0 Å². The number of ketones is 2. The van der Waals surface area contributed by atoms with Crippen LogP contribution in [0.1, 0.15) is 76.8 Å². The van der Waals surface area contributed by atoms with Crippen LogP contribution in [0.3, 0.4) is 0 Å². The fraction of sp³-hybridized carbons (Fsp3) is 0.531. The standard InChI is InChI=1S/C32H46N2O10SSi/c1-41-46(42-2,43-3)24-12-20-34(19-11-23-45(38,39)40)21-17-29(35)44-22-9-5-4-8-18-33-28-16-10-15-27-30(28)32(37)26-14-7-6-13-25(26)31(27)36/h6-7,10,13-16,33H,4-5,8-9,11-12,17-24H2,1-3H3,(H,38,39,40). The lowest BCUT2D eigenvalue weighted by Crippen LogP contribution is -2.43. The van der Waals surface area contributed by atoms with E-state index in [2.05, 4.69) is 5.32 Å². The Morgan fingerprint density at radius 1 is 0.804 bits per heavy atom. The maximum absolute atomic E-state index is 13.1. The minimum atomic E-state index is -4.06. The number of benzene rings is 2. The van der Waals surface area contributed by atoms with E-state index in [1.165, 1.54) is 0 Å². The number of nitrogens with one attached hydrogen (secondary N) is 1. The number of hydrogen-bond acceptors (Lipinski definition) is 11. The number of anilines is 1. The number of esters is 1. The van der Waals surface area contributed by atoms with Crippen molar-refractivity contribution >= 4 is 42.1 Å². The zero-order chi connectivity index (χ0) is 33.6. The Morgan fingerprint density at radius 2 is 1.43 bits per heavy atom. The molecule has 254 valence electrons. The number of carbonyl (C=O) groups is 3. The minimum Gasteiger partial charge on any atom is -0.466 e. The Hall–Kier alpha value is -2.98. The molecule has 0 heterocycles. The third-order valence-electron chi connectivity index (χ3n) is 8.00. The van der Waals surface area contributed by atoms with Gasteiger partial charge in [-0.05, 0) is 51.3 Å². The predicted octanol–water partition coefficient (Wildman–Crippen LogP) is 4.22. The Bertz CT molecular complexity index is 1420. The van der Waals surface area contributed by atoms with Crippen LogP contribution >= 0.6 is 0 Å². The summed E-state index contributed by atoms with van der Waals surface area (Å²) in [6, 6.07) is 12.7. The van der Waals surface area contributed by atoms with Crippen LogP contribution in [-0.2, 0) is 32.9 Å². The fourth-order valence-electron chi connectivity index (χ4n) is 5.48. The van der Waals surface area contributed by atoms with Crippen molar-refractivity contribution in [3.05, 3.63) is 64.7 Å². The molecule has 0 amide bonds. The van der Waals surface area contributed by atoms with Crippen molar-refractivity contribution in [2.45, 2.75) is 51.0 Å². The molecule has 0 radical (unpaired) electrons. The van der Waals surface area contributed by atoms with Gasteiger partial charge in [-0.1, -0.05) is 42.8 Å². The summed E-state index contributed by atoms with van der Waals surface area (Å²) in [4.78, 5) is 40.4. The van der Waals surface area contributed by atoms with Crippen molar-refractivity contribution in [1.82, 2.24) is 4.90 Å². The number of fused-ring (bicyclic) bond motifs is 2. The number of rotatable bonds is 22. The minimum absolute atomic E-state index is 0.142. The number of hydrogen-bond donors (Lipinski definition) is 2. The number of nitrogens with zero attached hydrogens (tertiary/aromatic N) is 1.